The van der Waals surface area contributed by atoms with E-state index < -0.39 is 0 Å². The molecule has 0 saturated heterocycles. The number of rotatable bonds is 4. The molecule has 0 spiro atoms. The van der Waals surface area contributed by atoms with E-state index in [9.17, 15) is 4.79 Å². The molecule has 0 aromatic carbocycles. The first-order valence-corrected chi connectivity index (χ1v) is 6.18. The van der Waals surface area contributed by atoms with Crippen LogP contribution in [-0.4, -0.2) is 22.6 Å². The van der Waals surface area contributed by atoms with Crippen LogP contribution in [0.25, 0.3) is 0 Å². The molecule has 1 unspecified atom stereocenters. The van der Waals surface area contributed by atoms with Gasteiger partial charge in [-0.15, -0.1) is 0 Å². The molecule has 2 N–H and O–H groups in total. The first-order chi connectivity index (χ1) is 7.97. The molecule has 5 nitrogen and oxygen atoms in total. The van der Waals surface area contributed by atoms with Crippen molar-refractivity contribution in [3.8, 4) is 6.07 Å². The lowest BCUT2D eigenvalue weighted by Crippen LogP contribution is -2.28. The second kappa shape index (κ2) is 5.82. The normalized spacial score (nSPS) is 12.2. The molecule has 6 heteroatoms. The lowest BCUT2D eigenvalue weighted by molar-refractivity contribution is 0.0945. The van der Waals surface area contributed by atoms with Crippen molar-refractivity contribution in [2.75, 3.05) is 6.54 Å². The summed E-state index contributed by atoms with van der Waals surface area (Å²) in [5.41, 5.74) is 1.22. The zero-order chi connectivity index (χ0) is 13.0. The highest BCUT2D eigenvalue weighted by Crippen LogP contribution is 2.25. The number of nitrogens with zero attached hydrogens (tertiary/aromatic N) is 2. The summed E-state index contributed by atoms with van der Waals surface area (Å²) in [6.45, 7) is 6.10. The standard InChI is InChI=1S/C11H15BrN4O/c1-6(2)9-8(12)10(16-15-9)11(17)14-5-7(3)4-13/h6-7H,5H2,1-3H3,(H,14,17)(H,15,16). The van der Waals surface area contributed by atoms with E-state index >= 15 is 0 Å². The third kappa shape index (κ3) is 3.30. The quantitative estimate of drug-likeness (QED) is 0.894. The Labute approximate surface area is 109 Å². The van der Waals surface area contributed by atoms with E-state index in [1.165, 1.54) is 0 Å². The number of halogens is 1. The number of aromatic amines is 1. The molecule has 1 amide bonds. The third-order valence-corrected chi connectivity index (χ3v) is 3.12. The maximum atomic E-state index is 11.8. The van der Waals surface area contributed by atoms with Gasteiger partial charge in [0, 0.05) is 6.54 Å². The molecule has 0 radical (unpaired) electrons. The zero-order valence-electron chi connectivity index (χ0n) is 10.0. The summed E-state index contributed by atoms with van der Waals surface area (Å²) in [5.74, 6) is -0.222. The van der Waals surface area contributed by atoms with Crippen LogP contribution in [0.2, 0.25) is 0 Å². The maximum absolute atomic E-state index is 11.8. The Morgan fingerprint density at radius 2 is 2.24 bits per heavy atom. The number of amides is 1. The Bertz CT molecular complexity index is 447. The summed E-state index contributed by atoms with van der Waals surface area (Å²) in [4.78, 5) is 11.8. The van der Waals surface area contributed by atoms with Crippen molar-refractivity contribution in [2.24, 2.45) is 5.92 Å². The second-order valence-electron chi connectivity index (χ2n) is 4.19. The number of hydrogen-bond donors (Lipinski definition) is 2. The molecular formula is C11H15BrN4O. The Balaban J connectivity index is 2.74. The van der Waals surface area contributed by atoms with E-state index in [1.54, 1.807) is 6.92 Å². The number of aromatic nitrogens is 2. The highest BCUT2D eigenvalue weighted by atomic mass is 79.9. The van der Waals surface area contributed by atoms with E-state index in [2.05, 4.69) is 37.5 Å². The van der Waals surface area contributed by atoms with Gasteiger partial charge in [-0.05, 0) is 28.8 Å². The van der Waals surface area contributed by atoms with Crippen LogP contribution in [-0.2, 0) is 0 Å². The Hall–Kier alpha value is -1.35. The van der Waals surface area contributed by atoms with Gasteiger partial charge in [-0.3, -0.25) is 9.89 Å². The monoisotopic (exact) mass is 298 g/mol. The van der Waals surface area contributed by atoms with Crippen LogP contribution in [0.15, 0.2) is 4.47 Å². The molecule has 0 aliphatic carbocycles. The van der Waals surface area contributed by atoms with Crippen LogP contribution >= 0.6 is 15.9 Å². The molecule has 1 rings (SSSR count). The summed E-state index contributed by atoms with van der Waals surface area (Å²) < 4.78 is 0.689. The van der Waals surface area contributed by atoms with Crippen LogP contribution in [0, 0.1) is 17.2 Å². The van der Waals surface area contributed by atoms with E-state index in [-0.39, 0.29) is 17.7 Å². The summed E-state index contributed by atoms with van der Waals surface area (Å²) in [5, 5.41) is 18.1. The van der Waals surface area contributed by atoms with Crippen LogP contribution in [0.5, 0.6) is 0 Å². The third-order valence-electron chi connectivity index (χ3n) is 2.31. The fraction of sp³-hybridized carbons (Fsp3) is 0.545. The predicted octanol–water partition coefficient (Wildman–Crippen LogP) is 2.19. The van der Waals surface area contributed by atoms with Gasteiger partial charge in [0.2, 0.25) is 0 Å². The van der Waals surface area contributed by atoms with Crippen molar-refractivity contribution in [3.05, 3.63) is 15.9 Å². The second-order valence-corrected chi connectivity index (χ2v) is 4.99. The van der Waals surface area contributed by atoms with Gasteiger partial charge in [0.15, 0.2) is 5.69 Å². The van der Waals surface area contributed by atoms with E-state index in [4.69, 9.17) is 5.26 Å². The maximum Gasteiger partial charge on any atom is 0.273 e. The molecule has 1 atom stereocenters. The van der Waals surface area contributed by atoms with Gasteiger partial charge in [-0.1, -0.05) is 13.8 Å². The van der Waals surface area contributed by atoms with Crippen LogP contribution in [0.3, 0.4) is 0 Å². The van der Waals surface area contributed by atoms with Gasteiger partial charge in [0.25, 0.3) is 5.91 Å². The number of nitriles is 1. The minimum atomic E-state index is -0.276. The van der Waals surface area contributed by atoms with Gasteiger partial charge in [-0.25, -0.2) is 0 Å². The molecule has 92 valence electrons. The van der Waals surface area contributed by atoms with Gasteiger partial charge in [0.05, 0.1) is 22.2 Å². The van der Waals surface area contributed by atoms with Crippen LogP contribution in [0.4, 0.5) is 0 Å². The lowest BCUT2D eigenvalue weighted by Gasteiger charge is -2.05. The van der Waals surface area contributed by atoms with Gasteiger partial charge < -0.3 is 5.32 Å². The molecule has 17 heavy (non-hydrogen) atoms. The molecular weight excluding hydrogens is 284 g/mol. The number of H-pyrrole nitrogens is 1. The molecule has 0 saturated carbocycles. The van der Waals surface area contributed by atoms with Gasteiger partial charge >= 0.3 is 0 Å². The SMILES string of the molecule is CC(C#N)CNC(=O)c1n[nH]c(C(C)C)c1Br. The van der Waals surface area contributed by atoms with Crippen molar-refractivity contribution in [1.29, 1.82) is 5.26 Å². The first kappa shape index (κ1) is 13.7. The highest BCUT2D eigenvalue weighted by Gasteiger charge is 2.19. The Kier molecular flexibility index (Phi) is 4.70. The molecule has 1 aromatic rings. The van der Waals surface area contributed by atoms with E-state index in [1.807, 2.05) is 13.8 Å². The summed E-state index contributed by atoms with van der Waals surface area (Å²) in [6, 6.07) is 2.06. The number of hydrogen-bond acceptors (Lipinski definition) is 3. The largest absolute Gasteiger partial charge is 0.349 e. The topological polar surface area (TPSA) is 81.6 Å². The molecule has 0 fully saturated rings. The molecule has 1 aromatic heterocycles. The smallest absolute Gasteiger partial charge is 0.273 e. The first-order valence-electron chi connectivity index (χ1n) is 5.39. The predicted molar refractivity (Wildman–Crippen MR) is 67.5 cm³/mol. The van der Waals surface area contributed by atoms with Crippen molar-refractivity contribution >= 4 is 21.8 Å². The fourth-order valence-electron chi connectivity index (χ4n) is 1.25. The number of nitrogens with one attached hydrogen (secondary N) is 2. The Morgan fingerprint density at radius 1 is 1.59 bits per heavy atom. The lowest BCUT2D eigenvalue weighted by atomic mass is 10.1. The van der Waals surface area contributed by atoms with E-state index in [0.29, 0.717) is 16.7 Å². The average Bonchev–Trinajstić information content (AvgIpc) is 2.67. The molecule has 0 aliphatic heterocycles. The minimum Gasteiger partial charge on any atom is -0.349 e. The van der Waals surface area contributed by atoms with Crippen molar-refractivity contribution in [2.45, 2.75) is 26.7 Å². The fourth-order valence-corrected chi connectivity index (χ4v) is 2.07. The minimum absolute atomic E-state index is 0.207. The average molecular weight is 299 g/mol. The Morgan fingerprint density at radius 3 is 2.71 bits per heavy atom. The number of carbonyl (C=O) groups is 1. The van der Waals surface area contributed by atoms with Crippen molar-refractivity contribution in [3.63, 3.8) is 0 Å². The molecule has 0 bridgehead atoms. The summed E-state index contributed by atoms with van der Waals surface area (Å²) in [7, 11) is 0. The summed E-state index contributed by atoms with van der Waals surface area (Å²) in [6.07, 6.45) is 0. The van der Waals surface area contributed by atoms with Crippen LogP contribution in [0.1, 0.15) is 42.9 Å². The summed E-state index contributed by atoms with van der Waals surface area (Å²) >= 11 is 3.36. The van der Waals surface area contributed by atoms with Crippen molar-refractivity contribution in [1.82, 2.24) is 15.5 Å². The van der Waals surface area contributed by atoms with Gasteiger partial charge in [-0.2, -0.15) is 10.4 Å². The molecule has 1 heterocycles. The van der Waals surface area contributed by atoms with Crippen LogP contribution < -0.4 is 5.32 Å². The van der Waals surface area contributed by atoms with E-state index in [0.717, 1.165) is 5.69 Å². The number of carbonyl (C=O) groups excluding carboxylic acids is 1. The highest BCUT2D eigenvalue weighted by molar-refractivity contribution is 9.10. The zero-order valence-corrected chi connectivity index (χ0v) is 11.6. The molecule has 0 aliphatic rings. The van der Waals surface area contributed by atoms with Crippen molar-refractivity contribution < 1.29 is 4.79 Å². The van der Waals surface area contributed by atoms with Gasteiger partial charge in [0.1, 0.15) is 0 Å².